The van der Waals surface area contributed by atoms with E-state index in [0.717, 1.165) is 18.4 Å². The molecule has 0 amide bonds. The van der Waals surface area contributed by atoms with Crippen LogP contribution in [0.1, 0.15) is 31.4 Å². The molecule has 1 aromatic rings. The summed E-state index contributed by atoms with van der Waals surface area (Å²) in [5, 5.41) is 12.3. The van der Waals surface area contributed by atoms with Crippen molar-refractivity contribution in [3.05, 3.63) is 29.6 Å². The van der Waals surface area contributed by atoms with E-state index in [0.29, 0.717) is 6.61 Å². The molecule has 0 bridgehead atoms. The minimum Gasteiger partial charge on any atom is -0.491 e. The fraction of sp³-hybridized carbons (Fsp3) is 0.500. The van der Waals surface area contributed by atoms with Crippen LogP contribution in [0.25, 0.3) is 0 Å². The Morgan fingerprint density at radius 1 is 1.56 bits per heavy atom. The van der Waals surface area contributed by atoms with Gasteiger partial charge >= 0.3 is 0 Å². The molecule has 0 aliphatic heterocycles. The molecule has 0 spiro atoms. The van der Waals surface area contributed by atoms with Crippen LogP contribution in [0, 0.1) is 22.6 Å². The van der Waals surface area contributed by atoms with E-state index in [1.165, 1.54) is 6.07 Å². The number of ether oxygens (including phenoxy) is 1. The number of nitriles is 1. The smallest absolute Gasteiger partial charge is 0.165 e. The first-order chi connectivity index (χ1) is 8.66. The third kappa shape index (κ3) is 2.19. The van der Waals surface area contributed by atoms with Crippen molar-refractivity contribution in [3.8, 4) is 11.8 Å². The van der Waals surface area contributed by atoms with E-state index >= 15 is 0 Å². The first-order valence-electron chi connectivity index (χ1n) is 6.17. The summed E-state index contributed by atoms with van der Waals surface area (Å²) in [4.78, 5) is 0. The number of nitrogens with one attached hydrogen (secondary N) is 1. The number of hydrogen-bond acceptors (Lipinski definition) is 3. The lowest BCUT2D eigenvalue weighted by Gasteiger charge is -2.21. The van der Waals surface area contributed by atoms with Crippen LogP contribution >= 0.6 is 0 Å². The van der Waals surface area contributed by atoms with Gasteiger partial charge in [-0.1, -0.05) is 6.07 Å². The quantitative estimate of drug-likeness (QED) is 0.871. The van der Waals surface area contributed by atoms with Gasteiger partial charge in [0.25, 0.3) is 0 Å². The highest BCUT2D eigenvalue weighted by Crippen LogP contribution is 2.54. The van der Waals surface area contributed by atoms with Gasteiger partial charge in [0.2, 0.25) is 0 Å². The molecule has 1 N–H and O–H groups in total. The Kier molecular flexibility index (Phi) is 3.53. The summed E-state index contributed by atoms with van der Waals surface area (Å²) in [6.07, 6.45) is 1.73. The predicted octanol–water partition coefficient (Wildman–Crippen LogP) is 2.79. The lowest BCUT2D eigenvalue weighted by Crippen LogP contribution is -2.25. The summed E-state index contributed by atoms with van der Waals surface area (Å²) in [6, 6.07) is 7.15. The van der Waals surface area contributed by atoms with Gasteiger partial charge in [-0.05, 0) is 44.5 Å². The molecule has 0 heterocycles. The molecule has 1 atom stereocenters. The summed E-state index contributed by atoms with van der Waals surface area (Å²) in [6.45, 7) is 2.26. The maximum Gasteiger partial charge on any atom is 0.165 e. The molecule has 0 saturated heterocycles. The maximum absolute atomic E-state index is 13.8. The summed E-state index contributed by atoms with van der Waals surface area (Å²) in [7, 11) is 1.80. The molecule has 1 saturated carbocycles. The van der Waals surface area contributed by atoms with Gasteiger partial charge in [-0.15, -0.1) is 0 Å². The maximum atomic E-state index is 13.8. The molecule has 0 aromatic heterocycles. The van der Waals surface area contributed by atoms with E-state index in [-0.39, 0.29) is 23.0 Å². The van der Waals surface area contributed by atoms with E-state index in [9.17, 15) is 9.65 Å². The average molecular weight is 248 g/mol. The van der Waals surface area contributed by atoms with Crippen LogP contribution in [-0.4, -0.2) is 13.7 Å². The SMILES string of the molecule is CCOc1ccc(C(NC)C2(C#N)CC2)cc1F. The molecule has 3 nitrogen and oxygen atoms in total. The normalized spacial score (nSPS) is 17.9. The monoisotopic (exact) mass is 248 g/mol. The van der Waals surface area contributed by atoms with Gasteiger partial charge in [0.1, 0.15) is 0 Å². The third-order valence-electron chi connectivity index (χ3n) is 3.44. The standard InChI is InChI=1S/C14H17FN2O/c1-3-18-12-5-4-10(8-11(12)15)13(17-2)14(9-16)6-7-14/h4-5,8,13,17H,3,6-7H2,1-2H3. The van der Waals surface area contributed by atoms with E-state index in [4.69, 9.17) is 4.74 Å². The number of rotatable bonds is 5. The highest BCUT2D eigenvalue weighted by molar-refractivity contribution is 5.35. The van der Waals surface area contributed by atoms with Crippen LogP contribution in [0.5, 0.6) is 5.75 Å². The van der Waals surface area contributed by atoms with Crippen molar-refractivity contribution < 1.29 is 9.13 Å². The van der Waals surface area contributed by atoms with Crippen molar-refractivity contribution in [1.82, 2.24) is 5.32 Å². The van der Waals surface area contributed by atoms with E-state index in [1.54, 1.807) is 13.1 Å². The van der Waals surface area contributed by atoms with Gasteiger partial charge in [-0.3, -0.25) is 0 Å². The first kappa shape index (κ1) is 12.8. The highest BCUT2D eigenvalue weighted by atomic mass is 19.1. The van der Waals surface area contributed by atoms with Gasteiger partial charge in [-0.2, -0.15) is 5.26 Å². The van der Waals surface area contributed by atoms with Gasteiger partial charge < -0.3 is 10.1 Å². The summed E-state index contributed by atoms with van der Waals surface area (Å²) >= 11 is 0. The molecule has 4 heteroatoms. The largest absolute Gasteiger partial charge is 0.491 e. The Balaban J connectivity index is 2.28. The minimum atomic E-state index is -0.372. The lowest BCUT2D eigenvalue weighted by molar-refractivity contribution is 0.320. The van der Waals surface area contributed by atoms with Crippen molar-refractivity contribution in [1.29, 1.82) is 5.26 Å². The third-order valence-corrected chi connectivity index (χ3v) is 3.44. The average Bonchev–Trinajstić information content (AvgIpc) is 3.15. The predicted molar refractivity (Wildman–Crippen MR) is 66.6 cm³/mol. The van der Waals surface area contributed by atoms with Crippen LogP contribution < -0.4 is 10.1 Å². The van der Waals surface area contributed by atoms with Gasteiger partial charge in [0.05, 0.1) is 24.1 Å². The van der Waals surface area contributed by atoms with E-state index in [1.807, 2.05) is 13.0 Å². The second-order valence-corrected chi connectivity index (χ2v) is 4.61. The molecular formula is C14H17FN2O. The topological polar surface area (TPSA) is 45.0 Å². The van der Waals surface area contributed by atoms with E-state index in [2.05, 4.69) is 11.4 Å². The number of nitrogens with zero attached hydrogens (tertiary/aromatic N) is 1. The van der Waals surface area contributed by atoms with Crippen LogP contribution in [-0.2, 0) is 0 Å². The molecule has 0 radical (unpaired) electrons. The Bertz CT molecular complexity index is 477. The highest BCUT2D eigenvalue weighted by Gasteiger charge is 2.50. The summed E-state index contributed by atoms with van der Waals surface area (Å²) in [5.41, 5.74) is 0.436. The molecule has 1 unspecified atom stereocenters. The Morgan fingerprint density at radius 2 is 2.28 bits per heavy atom. The van der Waals surface area contributed by atoms with Crippen molar-refractivity contribution in [2.24, 2.45) is 5.41 Å². The molecule has 2 rings (SSSR count). The molecule has 96 valence electrons. The molecule has 18 heavy (non-hydrogen) atoms. The van der Waals surface area contributed by atoms with Crippen LogP contribution in [0.2, 0.25) is 0 Å². The Morgan fingerprint density at radius 3 is 2.72 bits per heavy atom. The number of halogens is 1. The molecule has 1 aliphatic rings. The fourth-order valence-electron chi connectivity index (χ4n) is 2.33. The Hall–Kier alpha value is -1.60. The zero-order chi connectivity index (χ0) is 13.2. The van der Waals surface area contributed by atoms with Gasteiger partial charge in [0.15, 0.2) is 11.6 Å². The minimum absolute atomic E-state index is 0.118. The summed E-state index contributed by atoms with van der Waals surface area (Å²) < 4.78 is 19.0. The van der Waals surface area contributed by atoms with Crippen molar-refractivity contribution in [3.63, 3.8) is 0 Å². The summed E-state index contributed by atoms with van der Waals surface area (Å²) in [5.74, 6) is -0.110. The van der Waals surface area contributed by atoms with Crippen LogP contribution in [0.4, 0.5) is 4.39 Å². The first-order valence-corrected chi connectivity index (χ1v) is 6.17. The second-order valence-electron chi connectivity index (χ2n) is 4.61. The number of benzene rings is 1. The van der Waals surface area contributed by atoms with Gasteiger partial charge in [-0.25, -0.2) is 4.39 Å². The molecule has 1 aromatic carbocycles. The molecular weight excluding hydrogens is 231 g/mol. The lowest BCUT2D eigenvalue weighted by atomic mass is 9.91. The van der Waals surface area contributed by atoms with E-state index < -0.39 is 0 Å². The Labute approximate surface area is 107 Å². The second kappa shape index (κ2) is 4.95. The van der Waals surface area contributed by atoms with Gasteiger partial charge in [0, 0.05) is 0 Å². The zero-order valence-corrected chi connectivity index (χ0v) is 10.7. The zero-order valence-electron chi connectivity index (χ0n) is 10.7. The number of hydrogen-bond donors (Lipinski definition) is 1. The van der Waals surface area contributed by atoms with Crippen molar-refractivity contribution >= 4 is 0 Å². The van der Waals surface area contributed by atoms with Crippen molar-refractivity contribution in [2.45, 2.75) is 25.8 Å². The van der Waals surface area contributed by atoms with Crippen molar-refractivity contribution in [2.75, 3.05) is 13.7 Å². The fourth-order valence-corrected chi connectivity index (χ4v) is 2.33. The molecule has 1 fully saturated rings. The van der Waals surface area contributed by atoms with Crippen LogP contribution in [0.15, 0.2) is 18.2 Å². The van der Waals surface area contributed by atoms with Crippen LogP contribution in [0.3, 0.4) is 0 Å². The molecule has 1 aliphatic carbocycles.